The van der Waals surface area contributed by atoms with Crippen molar-refractivity contribution in [2.45, 2.75) is 38.5 Å². The van der Waals surface area contributed by atoms with Crippen LogP contribution in [-0.4, -0.2) is 4.98 Å². The molecule has 2 atom stereocenters. The van der Waals surface area contributed by atoms with Gasteiger partial charge in [0.15, 0.2) is 11.7 Å². The maximum atomic E-state index is 6.35. The lowest BCUT2D eigenvalue weighted by Gasteiger charge is -2.25. The van der Waals surface area contributed by atoms with Gasteiger partial charge in [0.25, 0.3) is 0 Å². The molecule has 1 fully saturated rings. The molecule has 124 valence electrons. The summed E-state index contributed by atoms with van der Waals surface area (Å²) in [5.41, 5.74) is 3.18. The third-order valence-corrected chi connectivity index (χ3v) is 5.16. The number of benzene rings is 2. The minimum atomic E-state index is 0. The quantitative estimate of drug-likeness (QED) is 0.547. The molecule has 0 saturated heterocycles. The fraction of sp³-hybridized carbons (Fsp3) is 0.318. The highest BCUT2D eigenvalue weighted by Gasteiger charge is 2.29. The summed E-state index contributed by atoms with van der Waals surface area (Å²) in [6.07, 6.45) is 5.06. The van der Waals surface area contributed by atoms with Crippen LogP contribution in [0.5, 0.6) is 0 Å². The average molecular weight is 319 g/mol. The van der Waals surface area contributed by atoms with Gasteiger partial charge in [-0.1, -0.05) is 80.4 Å². The lowest BCUT2D eigenvalue weighted by Crippen LogP contribution is -2.15. The third kappa shape index (κ3) is 2.89. The first-order chi connectivity index (χ1) is 11.8. The second-order valence-electron chi connectivity index (χ2n) is 6.83. The normalized spacial score (nSPS) is 20.9. The van der Waals surface area contributed by atoms with Gasteiger partial charge >= 0.3 is 0 Å². The molecule has 1 aromatic heterocycles. The highest BCUT2D eigenvalue weighted by atomic mass is 16.4. The van der Waals surface area contributed by atoms with Gasteiger partial charge in [0.1, 0.15) is 5.69 Å². The standard InChI is InChI=1S/C22H23NO.H2/c1-16-10-8-9-15-19(16)22-23-20(17-11-4-2-5-12-17)21(24-22)18-13-6-3-7-14-18;/h2-7,11-14,16,19H,8-10,15H2,1H3;1H. The average Bonchev–Trinajstić information content (AvgIpc) is 3.09. The predicted octanol–water partition coefficient (Wildman–Crippen LogP) is 6.55. The topological polar surface area (TPSA) is 26.0 Å². The number of nitrogens with zero attached hydrogens (tertiary/aromatic N) is 1. The van der Waals surface area contributed by atoms with Crippen molar-refractivity contribution >= 4 is 0 Å². The summed E-state index contributed by atoms with van der Waals surface area (Å²) in [5, 5.41) is 0. The Morgan fingerprint density at radius 2 is 1.50 bits per heavy atom. The molecular formula is C22H25NO. The van der Waals surface area contributed by atoms with E-state index >= 15 is 0 Å². The van der Waals surface area contributed by atoms with Crippen LogP contribution in [0.1, 0.15) is 45.8 Å². The van der Waals surface area contributed by atoms with E-state index in [1.807, 2.05) is 12.1 Å². The van der Waals surface area contributed by atoms with E-state index < -0.39 is 0 Å². The van der Waals surface area contributed by atoms with Crippen LogP contribution in [0, 0.1) is 5.92 Å². The van der Waals surface area contributed by atoms with Crippen molar-refractivity contribution in [3.05, 3.63) is 66.6 Å². The minimum Gasteiger partial charge on any atom is -0.440 e. The molecule has 0 spiro atoms. The molecule has 0 aliphatic heterocycles. The van der Waals surface area contributed by atoms with Gasteiger partial charge in [0, 0.05) is 18.5 Å². The largest absolute Gasteiger partial charge is 0.440 e. The summed E-state index contributed by atoms with van der Waals surface area (Å²) in [7, 11) is 0. The molecule has 1 aliphatic rings. The fourth-order valence-corrected chi connectivity index (χ4v) is 3.76. The van der Waals surface area contributed by atoms with Gasteiger partial charge in [-0.15, -0.1) is 0 Å². The van der Waals surface area contributed by atoms with Crippen molar-refractivity contribution in [1.29, 1.82) is 0 Å². The Morgan fingerprint density at radius 1 is 0.875 bits per heavy atom. The molecule has 0 radical (unpaired) electrons. The van der Waals surface area contributed by atoms with E-state index in [-0.39, 0.29) is 1.43 Å². The Labute approximate surface area is 145 Å². The van der Waals surface area contributed by atoms with E-state index in [1.54, 1.807) is 0 Å². The molecule has 4 rings (SSSR count). The molecule has 2 aromatic carbocycles. The van der Waals surface area contributed by atoms with Crippen molar-refractivity contribution in [3.63, 3.8) is 0 Å². The van der Waals surface area contributed by atoms with E-state index in [0.29, 0.717) is 11.8 Å². The van der Waals surface area contributed by atoms with Crippen molar-refractivity contribution in [2.75, 3.05) is 0 Å². The molecule has 0 bridgehead atoms. The van der Waals surface area contributed by atoms with Crippen molar-refractivity contribution in [3.8, 4) is 22.6 Å². The maximum Gasteiger partial charge on any atom is 0.198 e. The number of rotatable bonds is 3. The van der Waals surface area contributed by atoms with Crippen LogP contribution in [-0.2, 0) is 0 Å². The Morgan fingerprint density at radius 3 is 2.17 bits per heavy atom. The summed E-state index contributed by atoms with van der Waals surface area (Å²) < 4.78 is 6.35. The van der Waals surface area contributed by atoms with Gasteiger partial charge in [-0.25, -0.2) is 4.98 Å². The summed E-state index contributed by atoms with van der Waals surface area (Å²) in [6.45, 7) is 2.33. The zero-order chi connectivity index (χ0) is 16.4. The molecule has 2 nitrogen and oxygen atoms in total. The molecule has 2 unspecified atom stereocenters. The van der Waals surface area contributed by atoms with Crippen LogP contribution in [0.3, 0.4) is 0 Å². The summed E-state index contributed by atoms with van der Waals surface area (Å²) in [4.78, 5) is 4.96. The molecule has 1 aliphatic carbocycles. The van der Waals surface area contributed by atoms with Crippen molar-refractivity contribution in [1.82, 2.24) is 4.98 Å². The Hall–Kier alpha value is -2.35. The summed E-state index contributed by atoms with van der Waals surface area (Å²) in [6, 6.07) is 20.7. The van der Waals surface area contributed by atoms with Crippen LogP contribution >= 0.6 is 0 Å². The van der Waals surface area contributed by atoms with Crippen LogP contribution in [0.25, 0.3) is 22.6 Å². The molecule has 1 heterocycles. The second-order valence-corrected chi connectivity index (χ2v) is 6.83. The molecule has 24 heavy (non-hydrogen) atoms. The lowest BCUT2D eigenvalue weighted by molar-refractivity contribution is 0.284. The van der Waals surface area contributed by atoms with Crippen LogP contribution < -0.4 is 0 Å². The highest BCUT2D eigenvalue weighted by Crippen LogP contribution is 2.41. The molecule has 3 aromatic rings. The molecule has 2 heteroatoms. The van der Waals surface area contributed by atoms with E-state index in [4.69, 9.17) is 9.40 Å². The minimum absolute atomic E-state index is 0. The van der Waals surface area contributed by atoms with Gasteiger partial charge in [0.05, 0.1) is 0 Å². The lowest BCUT2D eigenvalue weighted by atomic mass is 9.80. The van der Waals surface area contributed by atoms with Gasteiger partial charge < -0.3 is 4.42 Å². The van der Waals surface area contributed by atoms with Crippen LogP contribution in [0.15, 0.2) is 65.1 Å². The number of hydrogen-bond donors (Lipinski definition) is 0. The van der Waals surface area contributed by atoms with E-state index in [1.165, 1.54) is 25.7 Å². The number of oxazole rings is 1. The van der Waals surface area contributed by atoms with Crippen molar-refractivity contribution < 1.29 is 5.84 Å². The summed E-state index contributed by atoms with van der Waals surface area (Å²) >= 11 is 0. The van der Waals surface area contributed by atoms with E-state index in [0.717, 1.165) is 28.5 Å². The van der Waals surface area contributed by atoms with Gasteiger partial charge in [0.2, 0.25) is 0 Å². The van der Waals surface area contributed by atoms with Crippen molar-refractivity contribution in [2.24, 2.45) is 5.92 Å². The first-order valence-corrected chi connectivity index (χ1v) is 8.94. The zero-order valence-electron chi connectivity index (χ0n) is 14.1. The summed E-state index contributed by atoms with van der Waals surface area (Å²) in [5.74, 6) is 2.90. The van der Waals surface area contributed by atoms with Gasteiger partial charge in [-0.05, 0) is 18.8 Å². The Balaban J connectivity index is 0.00000182. The molecule has 1 saturated carbocycles. The monoisotopic (exact) mass is 319 g/mol. The van der Waals surface area contributed by atoms with E-state index in [9.17, 15) is 0 Å². The predicted molar refractivity (Wildman–Crippen MR) is 99.9 cm³/mol. The number of aromatic nitrogens is 1. The Bertz CT molecular complexity index is 740. The first kappa shape index (κ1) is 15.2. The van der Waals surface area contributed by atoms with Gasteiger partial charge in [-0.3, -0.25) is 0 Å². The number of hydrogen-bond acceptors (Lipinski definition) is 2. The molecule has 0 amide bonds. The fourth-order valence-electron chi connectivity index (χ4n) is 3.76. The van der Waals surface area contributed by atoms with Gasteiger partial charge in [-0.2, -0.15) is 0 Å². The smallest absolute Gasteiger partial charge is 0.198 e. The maximum absolute atomic E-state index is 6.35. The molecule has 0 N–H and O–H groups in total. The van der Waals surface area contributed by atoms with E-state index in [2.05, 4.69) is 55.5 Å². The third-order valence-electron chi connectivity index (χ3n) is 5.16. The van der Waals surface area contributed by atoms with Crippen LogP contribution in [0.2, 0.25) is 0 Å². The molecular weight excluding hydrogens is 294 g/mol. The van der Waals surface area contributed by atoms with Crippen LogP contribution in [0.4, 0.5) is 0 Å². The second kappa shape index (κ2) is 6.64. The SMILES string of the molecule is CC1CCCCC1c1nc(-c2ccccc2)c(-c2ccccc2)o1.[HH]. The first-order valence-electron chi connectivity index (χ1n) is 8.94. The Kier molecular flexibility index (Phi) is 4.20. The highest BCUT2D eigenvalue weighted by molar-refractivity contribution is 5.76. The zero-order valence-corrected chi connectivity index (χ0v) is 14.1.